The summed E-state index contributed by atoms with van der Waals surface area (Å²) in [6.07, 6.45) is 0.198. The molecule has 0 bridgehead atoms. The second-order valence-electron chi connectivity index (χ2n) is 6.10. The molecule has 3 aromatic rings. The Morgan fingerprint density at radius 3 is 2.52 bits per heavy atom. The summed E-state index contributed by atoms with van der Waals surface area (Å²) in [6, 6.07) is 18.3. The number of nitrogens with one attached hydrogen (secondary N) is 1. The highest BCUT2D eigenvalue weighted by Crippen LogP contribution is 2.32. The van der Waals surface area contributed by atoms with E-state index < -0.39 is 0 Å². The first kappa shape index (κ1) is 17.0. The Kier molecular flexibility index (Phi) is 4.98. The number of hydrogen-bond acceptors (Lipinski definition) is 4. The highest BCUT2D eigenvalue weighted by molar-refractivity contribution is 5.95. The van der Waals surface area contributed by atoms with Gasteiger partial charge in [-0.2, -0.15) is 0 Å². The molecule has 0 aliphatic heterocycles. The number of methoxy groups -OCH3 is 1. The van der Waals surface area contributed by atoms with Gasteiger partial charge in [-0.25, -0.2) is 0 Å². The lowest BCUT2D eigenvalue weighted by atomic mass is 10.0. The van der Waals surface area contributed by atoms with Gasteiger partial charge in [-0.3, -0.25) is 9.78 Å². The first-order valence-electron chi connectivity index (χ1n) is 8.36. The quantitative estimate of drug-likeness (QED) is 0.701. The normalized spacial score (nSPS) is 12.0. The lowest BCUT2D eigenvalue weighted by Crippen LogP contribution is -2.14. The molecule has 0 amide bonds. The van der Waals surface area contributed by atoms with E-state index >= 15 is 0 Å². The minimum atomic E-state index is -0.268. The molecule has 25 heavy (non-hydrogen) atoms. The minimum Gasteiger partial charge on any atom is -0.469 e. The van der Waals surface area contributed by atoms with Crippen molar-refractivity contribution in [2.45, 2.75) is 26.3 Å². The first-order valence-corrected chi connectivity index (χ1v) is 8.36. The third-order valence-corrected chi connectivity index (χ3v) is 4.41. The fourth-order valence-corrected chi connectivity index (χ4v) is 3.01. The van der Waals surface area contributed by atoms with Crippen LogP contribution in [0.15, 0.2) is 54.6 Å². The zero-order chi connectivity index (χ0) is 17.8. The van der Waals surface area contributed by atoms with Crippen molar-refractivity contribution in [1.29, 1.82) is 0 Å². The highest BCUT2D eigenvalue weighted by Gasteiger charge is 2.18. The molecular weight excluding hydrogens is 312 g/mol. The number of aromatic nitrogens is 1. The van der Waals surface area contributed by atoms with Gasteiger partial charge < -0.3 is 10.1 Å². The number of benzene rings is 2. The fraction of sp³-hybridized carbons (Fsp3) is 0.238. The standard InChI is InChI=1S/C21H22N2O2/c1-14(16-9-5-4-6-10-16)23-21-17-11-7-8-12-19(17)22-15(2)18(21)13-20(24)25-3/h4-12,14H,13H2,1-3H3,(H,22,23). The van der Waals surface area contributed by atoms with Gasteiger partial charge in [-0.05, 0) is 25.5 Å². The summed E-state index contributed by atoms with van der Waals surface area (Å²) in [4.78, 5) is 16.6. The van der Waals surface area contributed by atoms with Gasteiger partial charge in [0.25, 0.3) is 0 Å². The average molecular weight is 334 g/mol. The van der Waals surface area contributed by atoms with Crippen molar-refractivity contribution in [3.63, 3.8) is 0 Å². The Bertz CT molecular complexity index is 891. The molecule has 1 unspecified atom stereocenters. The number of nitrogens with zero attached hydrogens (tertiary/aromatic N) is 1. The maximum Gasteiger partial charge on any atom is 0.310 e. The number of esters is 1. The maximum atomic E-state index is 11.9. The predicted molar refractivity (Wildman–Crippen MR) is 101 cm³/mol. The van der Waals surface area contributed by atoms with Gasteiger partial charge in [-0.15, -0.1) is 0 Å². The third kappa shape index (κ3) is 3.63. The van der Waals surface area contributed by atoms with Gasteiger partial charge in [0.2, 0.25) is 0 Å². The van der Waals surface area contributed by atoms with Crippen molar-refractivity contribution in [3.05, 3.63) is 71.4 Å². The maximum absolute atomic E-state index is 11.9. The third-order valence-electron chi connectivity index (χ3n) is 4.41. The molecule has 0 aliphatic rings. The topological polar surface area (TPSA) is 51.2 Å². The van der Waals surface area contributed by atoms with E-state index in [0.29, 0.717) is 0 Å². The van der Waals surface area contributed by atoms with E-state index in [9.17, 15) is 4.79 Å². The van der Waals surface area contributed by atoms with Crippen LogP contribution in [0, 0.1) is 6.92 Å². The zero-order valence-electron chi connectivity index (χ0n) is 14.7. The molecule has 128 valence electrons. The number of pyridine rings is 1. The van der Waals surface area contributed by atoms with E-state index in [1.807, 2.05) is 49.4 Å². The molecule has 1 N–H and O–H groups in total. The van der Waals surface area contributed by atoms with Crippen molar-refractivity contribution in [2.75, 3.05) is 12.4 Å². The second kappa shape index (κ2) is 7.34. The van der Waals surface area contributed by atoms with Crippen LogP contribution >= 0.6 is 0 Å². The van der Waals surface area contributed by atoms with Crippen molar-refractivity contribution >= 4 is 22.6 Å². The van der Waals surface area contributed by atoms with Crippen LogP contribution in [0.1, 0.15) is 29.8 Å². The summed E-state index contributed by atoms with van der Waals surface area (Å²) in [5, 5.41) is 4.60. The van der Waals surface area contributed by atoms with Crippen molar-refractivity contribution in [1.82, 2.24) is 4.98 Å². The van der Waals surface area contributed by atoms with Gasteiger partial charge in [0.15, 0.2) is 0 Å². The van der Waals surface area contributed by atoms with Crippen LogP contribution in [-0.2, 0) is 16.0 Å². The van der Waals surface area contributed by atoms with Gasteiger partial charge in [0.1, 0.15) is 0 Å². The molecule has 0 radical (unpaired) electrons. The van der Waals surface area contributed by atoms with Gasteiger partial charge in [-0.1, -0.05) is 48.5 Å². The molecular formula is C21H22N2O2. The van der Waals surface area contributed by atoms with Gasteiger partial charge in [0.05, 0.1) is 19.0 Å². The number of aryl methyl sites for hydroxylation is 1. The smallest absolute Gasteiger partial charge is 0.310 e. The molecule has 0 spiro atoms. The monoisotopic (exact) mass is 334 g/mol. The summed E-state index contributed by atoms with van der Waals surface area (Å²) in [6.45, 7) is 4.05. The molecule has 3 rings (SSSR count). The van der Waals surface area contributed by atoms with Crippen molar-refractivity contribution in [3.8, 4) is 0 Å². The number of hydrogen-bond donors (Lipinski definition) is 1. The van der Waals surface area contributed by atoms with E-state index in [0.717, 1.165) is 27.8 Å². The fourth-order valence-electron chi connectivity index (χ4n) is 3.01. The minimum absolute atomic E-state index is 0.0998. The Balaban J connectivity index is 2.09. The largest absolute Gasteiger partial charge is 0.469 e. The van der Waals surface area contributed by atoms with E-state index in [1.54, 1.807) is 0 Å². The van der Waals surface area contributed by atoms with Crippen molar-refractivity contribution in [2.24, 2.45) is 0 Å². The summed E-state index contributed by atoms with van der Waals surface area (Å²) < 4.78 is 4.87. The van der Waals surface area contributed by atoms with Crippen LogP contribution in [0.4, 0.5) is 5.69 Å². The Morgan fingerprint density at radius 1 is 1.12 bits per heavy atom. The number of rotatable bonds is 5. The highest BCUT2D eigenvalue weighted by atomic mass is 16.5. The number of para-hydroxylation sites is 1. The average Bonchev–Trinajstić information content (AvgIpc) is 2.64. The second-order valence-corrected chi connectivity index (χ2v) is 6.10. The molecule has 2 aromatic carbocycles. The summed E-state index contributed by atoms with van der Waals surface area (Å²) >= 11 is 0. The lowest BCUT2D eigenvalue weighted by molar-refractivity contribution is -0.139. The number of carbonyl (C=O) groups is 1. The number of carbonyl (C=O) groups excluding carboxylic acids is 1. The number of anilines is 1. The Hall–Kier alpha value is -2.88. The number of fused-ring (bicyclic) bond motifs is 1. The zero-order valence-corrected chi connectivity index (χ0v) is 14.7. The number of ether oxygens (including phenoxy) is 1. The first-order chi connectivity index (χ1) is 12.1. The summed E-state index contributed by atoms with van der Waals surface area (Å²) in [5.74, 6) is -0.268. The van der Waals surface area contributed by atoms with Crippen LogP contribution in [0.5, 0.6) is 0 Å². The molecule has 0 fully saturated rings. The van der Waals surface area contributed by atoms with Gasteiger partial charge >= 0.3 is 5.97 Å². The molecule has 1 aromatic heterocycles. The van der Waals surface area contributed by atoms with Crippen molar-refractivity contribution < 1.29 is 9.53 Å². The summed E-state index contributed by atoms with van der Waals surface area (Å²) in [7, 11) is 1.41. The van der Waals surface area contributed by atoms with Gasteiger partial charge in [0, 0.05) is 28.4 Å². The molecule has 0 saturated carbocycles. The molecule has 0 saturated heterocycles. The lowest BCUT2D eigenvalue weighted by Gasteiger charge is -2.21. The van der Waals surface area contributed by atoms with E-state index in [-0.39, 0.29) is 18.4 Å². The molecule has 1 atom stereocenters. The Morgan fingerprint density at radius 2 is 1.80 bits per heavy atom. The molecule has 1 heterocycles. The van der Waals surface area contributed by atoms with Crippen LogP contribution in [0.3, 0.4) is 0 Å². The molecule has 4 nitrogen and oxygen atoms in total. The van der Waals surface area contributed by atoms with E-state index in [1.165, 1.54) is 12.7 Å². The van der Waals surface area contributed by atoms with Crippen LogP contribution in [0.2, 0.25) is 0 Å². The Labute approximate surface area is 147 Å². The van der Waals surface area contributed by atoms with E-state index in [4.69, 9.17) is 4.74 Å². The summed E-state index contributed by atoms with van der Waals surface area (Å²) in [5.41, 5.74) is 4.77. The molecule has 4 heteroatoms. The van der Waals surface area contributed by atoms with E-state index in [2.05, 4.69) is 29.4 Å². The molecule has 0 aliphatic carbocycles. The van der Waals surface area contributed by atoms with Crippen LogP contribution < -0.4 is 5.32 Å². The van der Waals surface area contributed by atoms with Crippen LogP contribution in [0.25, 0.3) is 10.9 Å². The van der Waals surface area contributed by atoms with Crippen LogP contribution in [-0.4, -0.2) is 18.1 Å². The SMILES string of the molecule is COC(=O)Cc1c(C)nc2ccccc2c1NC(C)c1ccccc1. The predicted octanol–water partition coefficient (Wildman–Crippen LogP) is 4.43.